The fraction of sp³-hybridized carbons (Fsp3) is 0.462. The number of hydrogen-bond acceptors (Lipinski definition) is 3. The molecule has 1 aliphatic rings. The van der Waals surface area contributed by atoms with E-state index < -0.39 is 11.9 Å². The number of benzene rings is 1. The van der Waals surface area contributed by atoms with Crippen molar-refractivity contribution in [2.24, 2.45) is 11.7 Å². The number of fused-ring (bicyclic) bond motifs is 1. The molecule has 0 saturated heterocycles. The summed E-state index contributed by atoms with van der Waals surface area (Å²) in [4.78, 5) is 11.0. The van der Waals surface area contributed by atoms with Gasteiger partial charge in [-0.15, -0.1) is 0 Å². The van der Waals surface area contributed by atoms with Crippen molar-refractivity contribution >= 4 is 5.97 Å². The SMILES string of the molecule is NCCC(CC1Cc2cc(F)ccc2O1)C(=O)O. The molecule has 0 aromatic heterocycles. The molecule has 0 saturated carbocycles. The van der Waals surface area contributed by atoms with Crippen LogP contribution in [0.1, 0.15) is 18.4 Å². The minimum atomic E-state index is -0.855. The lowest BCUT2D eigenvalue weighted by Crippen LogP contribution is -2.25. The summed E-state index contributed by atoms with van der Waals surface area (Å²) in [5.74, 6) is -1.00. The van der Waals surface area contributed by atoms with Crippen LogP contribution in [0.2, 0.25) is 0 Å². The van der Waals surface area contributed by atoms with Gasteiger partial charge in [0.05, 0.1) is 5.92 Å². The largest absolute Gasteiger partial charge is 0.490 e. The number of aliphatic carboxylic acids is 1. The standard InChI is InChI=1S/C13H16FNO3/c14-10-1-2-12-9(5-10)7-11(18-12)6-8(3-4-15)13(16)17/h1-2,5,8,11H,3-4,6-7,15H2,(H,16,17). The smallest absolute Gasteiger partial charge is 0.306 e. The van der Waals surface area contributed by atoms with Crippen LogP contribution in [0, 0.1) is 11.7 Å². The number of nitrogens with two attached hydrogens (primary N) is 1. The fourth-order valence-electron chi connectivity index (χ4n) is 2.28. The quantitative estimate of drug-likeness (QED) is 0.835. The molecular formula is C13H16FNO3. The van der Waals surface area contributed by atoms with E-state index in [2.05, 4.69) is 0 Å². The molecule has 0 radical (unpaired) electrons. The molecule has 5 heteroatoms. The lowest BCUT2D eigenvalue weighted by Gasteiger charge is -2.16. The van der Waals surface area contributed by atoms with Gasteiger partial charge in [0.2, 0.25) is 0 Å². The Hall–Kier alpha value is -1.62. The fourth-order valence-corrected chi connectivity index (χ4v) is 2.28. The van der Waals surface area contributed by atoms with Crippen molar-refractivity contribution in [3.63, 3.8) is 0 Å². The lowest BCUT2D eigenvalue weighted by molar-refractivity contribution is -0.142. The number of carboxylic acid groups (broad SMARTS) is 1. The number of carboxylic acids is 1. The molecule has 18 heavy (non-hydrogen) atoms. The summed E-state index contributed by atoms with van der Waals surface area (Å²) in [7, 11) is 0. The van der Waals surface area contributed by atoms with Gasteiger partial charge in [0.1, 0.15) is 17.7 Å². The minimum absolute atomic E-state index is 0.200. The van der Waals surface area contributed by atoms with Crippen LogP contribution in [0.15, 0.2) is 18.2 Å². The zero-order chi connectivity index (χ0) is 13.1. The van der Waals surface area contributed by atoms with Gasteiger partial charge in [-0.3, -0.25) is 4.79 Å². The van der Waals surface area contributed by atoms with E-state index in [1.54, 1.807) is 6.07 Å². The van der Waals surface area contributed by atoms with E-state index in [1.807, 2.05) is 0 Å². The Bertz CT molecular complexity index is 450. The zero-order valence-electron chi connectivity index (χ0n) is 9.93. The highest BCUT2D eigenvalue weighted by molar-refractivity contribution is 5.70. The molecule has 1 aromatic carbocycles. The first-order valence-corrected chi connectivity index (χ1v) is 5.98. The van der Waals surface area contributed by atoms with Crippen LogP contribution < -0.4 is 10.5 Å². The third-order valence-corrected chi connectivity index (χ3v) is 3.18. The predicted octanol–water partition coefficient (Wildman–Crippen LogP) is 1.57. The molecule has 2 unspecified atom stereocenters. The molecule has 2 rings (SSSR count). The van der Waals surface area contributed by atoms with Crippen LogP contribution in [0.5, 0.6) is 5.75 Å². The number of hydrogen-bond donors (Lipinski definition) is 2. The van der Waals surface area contributed by atoms with Gasteiger partial charge < -0.3 is 15.6 Å². The number of halogens is 1. The highest BCUT2D eigenvalue weighted by Gasteiger charge is 2.28. The maximum Gasteiger partial charge on any atom is 0.306 e. The van der Waals surface area contributed by atoms with E-state index in [4.69, 9.17) is 15.6 Å². The van der Waals surface area contributed by atoms with Crippen LogP contribution in [-0.4, -0.2) is 23.7 Å². The Morgan fingerprint density at radius 1 is 1.61 bits per heavy atom. The first-order valence-electron chi connectivity index (χ1n) is 5.98. The van der Waals surface area contributed by atoms with E-state index in [9.17, 15) is 9.18 Å². The Morgan fingerprint density at radius 2 is 2.39 bits per heavy atom. The molecule has 3 N–H and O–H groups in total. The molecular weight excluding hydrogens is 237 g/mol. The summed E-state index contributed by atoms with van der Waals surface area (Å²) in [5.41, 5.74) is 6.19. The van der Waals surface area contributed by atoms with Crippen LogP contribution in [0.25, 0.3) is 0 Å². The maximum absolute atomic E-state index is 13.0. The molecule has 1 heterocycles. The summed E-state index contributed by atoms with van der Waals surface area (Å²) in [6.45, 7) is 0.339. The average molecular weight is 253 g/mol. The van der Waals surface area contributed by atoms with Crippen molar-refractivity contribution in [2.75, 3.05) is 6.54 Å². The number of rotatable bonds is 5. The molecule has 0 spiro atoms. The predicted molar refractivity (Wildman–Crippen MR) is 63.9 cm³/mol. The van der Waals surface area contributed by atoms with Crippen LogP contribution >= 0.6 is 0 Å². The molecule has 98 valence electrons. The molecule has 1 aliphatic heterocycles. The van der Waals surface area contributed by atoms with Crippen molar-refractivity contribution in [3.8, 4) is 5.75 Å². The van der Waals surface area contributed by atoms with Gasteiger partial charge in [0.25, 0.3) is 0 Å². The van der Waals surface area contributed by atoms with Gasteiger partial charge in [0.15, 0.2) is 0 Å². The Balaban J connectivity index is 2.00. The Morgan fingerprint density at radius 3 is 3.06 bits per heavy atom. The van der Waals surface area contributed by atoms with E-state index >= 15 is 0 Å². The lowest BCUT2D eigenvalue weighted by atomic mass is 9.96. The van der Waals surface area contributed by atoms with Gasteiger partial charge in [-0.05, 0) is 37.6 Å². The highest BCUT2D eigenvalue weighted by atomic mass is 19.1. The first-order chi connectivity index (χ1) is 8.60. The second-order valence-corrected chi connectivity index (χ2v) is 4.54. The summed E-state index contributed by atoms with van der Waals surface area (Å²) >= 11 is 0. The van der Waals surface area contributed by atoms with Crippen LogP contribution in [0.4, 0.5) is 4.39 Å². The highest BCUT2D eigenvalue weighted by Crippen LogP contribution is 2.32. The van der Waals surface area contributed by atoms with Crippen molar-refractivity contribution in [1.82, 2.24) is 0 Å². The zero-order valence-corrected chi connectivity index (χ0v) is 9.93. The van der Waals surface area contributed by atoms with Crippen LogP contribution in [0.3, 0.4) is 0 Å². The topological polar surface area (TPSA) is 72.5 Å². The molecule has 0 amide bonds. The Labute approximate surface area is 105 Å². The first kappa shape index (κ1) is 12.8. The maximum atomic E-state index is 13.0. The monoisotopic (exact) mass is 253 g/mol. The molecule has 0 fully saturated rings. The molecule has 0 bridgehead atoms. The molecule has 1 aromatic rings. The molecule has 0 aliphatic carbocycles. The summed E-state index contributed by atoms with van der Waals surface area (Å²) in [6.07, 6.45) is 1.19. The van der Waals surface area contributed by atoms with Gasteiger partial charge in [0, 0.05) is 12.0 Å². The van der Waals surface area contributed by atoms with Gasteiger partial charge in [-0.1, -0.05) is 0 Å². The third-order valence-electron chi connectivity index (χ3n) is 3.18. The second kappa shape index (κ2) is 5.35. The number of carbonyl (C=O) groups is 1. The van der Waals surface area contributed by atoms with E-state index in [0.29, 0.717) is 31.6 Å². The summed E-state index contributed by atoms with van der Waals surface area (Å²) in [6, 6.07) is 4.37. The third kappa shape index (κ3) is 2.79. The number of ether oxygens (including phenoxy) is 1. The minimum Gasteiger partial charge on any atom is -0.490 e. The van der Waals surface area contributed by atoms with Gasteiger partial charge in [-0.25, -0.2) is 4.39 Å². The van der Waals surface area contributed by atoms with E-state index in [0.717, 1.165) is 5.56 Å². The van der Waals surface area contributed by atoms with Crippen LogP contribution in [-0.2, 0) is 11.2 Å². The van der Waals surface area contributed by atoms with Crippen molar-refractivity contribution < 1.29 is 19.0 Å². The summed E-state index contributed by atoms with van der Waals surface area (Å²) < 4.78 is 18.7. The summed E-state index contributed by atoms with van der Waals surface area (Å²) in [5, 5.41) is 9.05. The normalized spacial score (nSPS) is 19.1. The molecule has 4 nitrogen and oxygen atoms in total. The van der Waals surface area contributed by atoms with Gasteiger partial charge in [-0.2, -0.15) is 0 Å². The second-order valence-electron chi connectivity index (χ2n) is 4.54. The van der Waals surface area contributed by atoms with Crippen molar-refractivity contribution in [1.29, 1.82) is 0 Å². The Kier molecular flexibility index (Phi) is 3.81. The van der Waals surface area contributed by atoms with E-state index in [1.165, 1.54) is 12.1 Å². The van der Waals surface area contributed by atoms with Crippen molar-refractivity contribution in [2.45, 2.75) is 25.4 Å². The van der Waals surface area contributed by atoms with E-state index in [-0.39, 0.29) is 11.9 Å². The average Bonchev–Trinajstić information content (AvgIpc) is 2.69. The van der Waals surface area contributed by atoms with Crippen molar-refractivity contribution in [3.05, 3.63) is 29.6 Å². The molecule has 2 atom stereocenters. The van der Waals surface area contributed by atoms with Gasteiger partial charge >= 0.3 is 5.97 Å².